The normalized spacial score (nSPS) is 14.7. The van der Waals surface area contributed by atoms with Crippen LogP contribution >= 0.6 is 22.6 Å². The predicted molar refractivity (Wildman–Crippen MR) is 51.2 cm³/mol. The molecule has 0 saturated carbocycles. The van der Waals surface area contributed by atoms with Gasteiger partial charge in [-0.3, -0.25) is 9.35 Å². The lowest BCUT2D eigenvalue weighted by Gasteiger charge is -2.18. The summed E-state index contributed by atoms with van der Waals surface area (Å²) < 4.78 is 68.4. The van der Waals surface area contributed by atoms with Crippen LogP contribution in [0.25, 0.3) is 0 Å². The average Bonchev–Trinajstić information content (AvgIpc) is 1.98. The van der Waals surface area contributed by atoms with Gasteiger partial charge in [0.05, 0.1) is 4.43 Å². The molecule has 90 valence electrons. The van der Waals surface area contributed by atoms with Crippen LogP contribution in [0.3, 0.4) is 0 Å². The summed E-state index contributed by atoms with van der Waals surface area (Å²) in [6.07, 6.45) is -7.87. The molecule has 5 nitrogen and oxygen atoms in total. The van der Waals surface area contributed by atoms with E-state index in [2.05, 4.69) is 4.74 Å². The summed E-state index contributed by atoms with van der Waals surface area (Å²) in [4.78, 5) is 10.5. The van der Waals surface area contributed by atoms with Gasteiger partial charge >= 0.3 is 12.1 Å². The third-order valence-electron chi connectivity index (χ3n) is 1.11. The molecule has 10 heteroatoms. The second-order valence-corrected chi connectivity index (χ2v) is 4.66. The number of alkyl halides is 4. The van der Waals surface area contributed by atoms with Gasteiger partial charge in [-0.2, -0.15) is 21.6 Å². The van der Waals surface area contributed by atoms with E-state index < -0.39 is 34.1 Å². The van der Waals surface area contributed by atoms with E-state index >= 15 is 0 Å². The van der Waals surface area contributed by atoms with Crippen molar-refractivity contribution in [2.75, 3.05) is 10.2 Å². The molecule has 0 bridgehead atoms. The zero-order chi connectivity index (χ0) is 12.3. The lowest BCUT2D eigenvalue weighted by molar-refractivity contribution is -0.213. The molecule has 0 aliphatic heterocycles. The molecule has 1 unspecified atom stereocenters. The van der Waals surface area contributed by atoms with Crippen LogP contribution in [0.2, 0.25) is 0 Å². The van der Waals surface area contributed by atoms with Crippen molar-refractivity contribution in [2.45, 2.75) is 12.3 Å². The third kappa shape index (κ3) is 6.89. The molecule has 1 N–H and O–H groups in total. The first-order valence-electron chi connectivity index (χ1n) is 3.33. The Morgan fingerprint density at radius 3 is 2.20 bits per heavy atom. The Morgan fingerprint density at radius 1 is 1.47 bits per heavy atom. The van der Waals surface area contributed by atoms with Crippen molar-refractivity contribution in [1.29, 1.82) is 0 Å². The summed E-state index contributed by atoms with van der Waals surface area (Å²) in [6, 6.07) is 0. The lowest BCUT2D eigenvalue weighted by Crippen LogP contribution is -2.39. The van der Waals surface area contributed by atoms with Crippen LogP contribution in [0.1, 0.15) is 0 Å². The molecule has 0 radical (unpaired) electrons. The Labute approximate surface area is 96.9 Å². The third-order valence-corrected chi connectivity index (χ3v) is 2.46. The highest BCUT2D eigenvalue weighted by Gasteiger charge is 2.45. The maximum absolute atomic E-state index is 12.1. The summed E-state index contributed by atoms with van der Waals surface area (Å²) in [7, 11) is -4.86. The minimum absolute atomic E-state index is 0.351. The highest BCUT2D eigenvalue weighted by atomic mass is 127. The van der Waals surface area contributed by atoms with E-state index in [1.807, 2.05) is 0 Å². The van der Waals surface area contributed by atoms with Gasteiger partial charge in [-0.05, 0) is 0 Å². The lowest BCUT2D eigenvalue weighted by atomic mass is 10.4. The van der Waals surface area contributed by atoms with Crippen LogP contribution in [-0.2, 0) is 19.6 Å². The number of carbonyl (C=O) groups is 1. The van der Waals surface area contributed by atoms with E-state index in [0.29, 0.717) is 0 Å². The van der Waals surface area contributed by atoms with Gasteiger partial charge < -0.3 is 4.74 Å². The van der Waals surface area contributed by atoms with Gasteiger partial charge in [0, 0.05) is 0 Å². The van der Waals surface area contributed by atoms with Gasteiger partial charge in [-0.25, -0.2) is 0 Å². The van der Waals surface area contributed by atoms with Crippen LogP contribution in [-0.4, -0.2) is 41.4 Å². The molecule has 0 aliphatic rings. The molecule has 0 aromatic rings. The number of hydrogen-bond acceptors (Lipinski definition) is 4. The SMILES string of the molecule is O=C(CI)OC(CS(=O)(=O)O)C(F)(F)F. The van der Waals surface area contributed by atoms with Crippen LogP contribution < -0.4 is 0 Å². The number of ether oxygens (including phenoxy) is 1. The van der Waals surface area contributed by atoms with Gasteiger partial charge in [-0.1, -0.05) is 22.6 Å². The fourth-order valence-corrected chi connectivity index (χ4v) is 1.40. The Hall–Kier alpha value is -0.100. The molecule has 0 spiro atoms. The zero-order valence-corrected chi connectivity index (χ0v) is 9.97. The van der Waals surface area contributed by atoms with E-state index in [9.17, 15) is 26.4 Å². The molecule has 0 heterocycles. The molecule has 1 atom stereocenters. The predicted octanol–water partition coefficient (Wildman–Crippen LogP) is 0.783. The summed E-state index contributed by atoms with van der Waals surface area (Å²) in [6.45, 7) is 0. The highest BCUT2D eigenvalue weighted by Crippen LogP contribution is 2.24. The van der Waals surface area contributed by atoms with E-state index in [0.717, 1.165) is 0 Å². The maximum Gasteiger partial charge on any atom is 0.426 e. The van der Waals surface area contributed by atoms with Crippen molar-refractivity contribution >= 4 is 38.7 Å². The van der Waals surface area contributed by atoms with Crippen molar-refractivity contribution in [3.8, 4) is 0 Å². The summed E-state index contributed by atoms with van der Waals surface area (Å²) in [5.41, 5.74) is 0. The molecule has 0 aromatic carbocycles. The fraction of sp³-hybridized carbons (Fsp3) is 0.800. The minimum Gasteiger partial charge on any atom is -0.451 e. The van der Waals surface area contributed by atoms with Gasteiger partial charge in [0.2, 0.25) is 6.10 Å². The summed E-state index contributed by atoms with van der Waals surface area (Å²) in [5, 5.41) is 0. The monoisotopic (exact) mass is 362 g/mol. The van der Waals surface area contributed by atoms with E-state index in [1.165, 1.54) is 22.6 Å². The number of esters is 1. The maximum atomic E-state index is 12.1. The highest BCUT2D eigenvalue weighted by molar-refractivity contribution is 14.1. The van der Waals surface area contributed by atoms with E-state index in [1.54, 1.807) is 0 Å². The van der Waals surface area contributed by atoms with E-state index in [4.69, 9.17) is 4.55 Å². The zero-order valence-electron chi connectivity index (χ0n) is 6.99. The summed E-state index contributed by atoms with van der Waals surface area (Å²) in [5.74, 6) is -2.90. The quantitative estimate of drug-likeness (QED) is 0.346. The molecular weight excluding hydrogens is 356 g/mol. The van der Waals surface area contributed by atoms with Gasteiger partial charge in [0.1, 0.15) is 5.75 Å². The van der Waals surface area contributed by atoms with Crippen molar-refractivity contribution < 1.29 is 35.7 Å². The molecule has 0 fully saturated rings. The number of hydrogen-bond donors (Lipinski definition) is 1. The average molecular weight is 362 g/mol. The van der Waals surface area contributed by atoms with Gasteiger partial charge in [-0.15, -0.1) is 0 Å². The van der Waals surface area contributed by atoms with Crippen molar-refractivity contribution in [3.05, 3.63) is 0 Å². The van der Waals surface area contributed by atoms with Crippen molar-refractivity contribution in [3.63, 3.8) is 0 Å². The first-order valence-corrected chi connectivity index (χ1v) is 6.47. The largest absolute Gasteiger partial charge is 0.451 e. The second kappa shape index (κ2) is 5.30. The smallest absolute Gasteiger partial charge is 0.426 e. The molecule has 15 heavy (non-hydrogen) atoms. The Bertz CT molecular complexity index is 324. The fourth-order valence-electron chi connectivity index (χ4n) is 0.577. The Kier molecular flexibility index (Phi) is 5.26. The standard InChI is InChI=1S/C5H6F3IO5S/c6-5(7,8)3(2-15(11,12)13)14-4(10)1-9/h3H,1-2H2,(H,11,12,13). The Morgan fingerprint density at radius 2 is 1.93 bits per heavy atom. The molecule has 0 rings (SSSR count). The topological polar surface area (TPSA) is 80.7 Å². The van der Waals surface area contributed by atoms with Crippen molar-refractivity contribution in [1.82, 2.24) is 0 Å². The second-order valence-electron chi connectivity index (χ2n) is 2.40. The molecule has 0 aromatic heterocycles. The summed E-state index contributed by atoms with van der Waals surface area (Å²) >= 11 is 1.46. The van der Waals surface area contributed by atoms with Gasteiger partial charge in [0.25, 0.3) is 10.1 Å². The molecule has 0 aliphatic carbocycles. The van der Waals surface area contributed by atoms with Gasteiger partial charge in [0.15, 0.2) is 0 Å². The number of carbonyl (C=O) groups excluding carboxylic acids is 1. The van der Waals surface area contributed by atoms with Crippen LogP contribution in [0.15, 0.2) is 0 Å². The molecule has 0 amide bonds. The van der Waals surface area contributed by atoms with Crippen LogP contribution in [0.4, 0.5) is 13.2 Å². The van der Waals surface area contributed by atoms with E-state index in [-0.39, 0.29) is 4.43 Å². The first-order chi connectivity index (χ1) is 6.56. The van der Waals surface area contributed by atoms with Crippen LogP contribution in [0.5, 0.6) is 0 Å². The molecule has 0 saturated heterocycles. The Balaban J connectivity index is 4.69. The molecular formula is C5H6F3IO5S. The first kappa shape index (κ1) is 14.9. The minimum atomic E-state index is -5.03. The number of rotatable bonds is 4. The van der Waals surface area contributed by atoms with Crippen molar-refractivity contribution in [2.24, 2.45) is 0 Å². The number of halogens is 4. The van der Waals surface area contributed by atoms with Crippen LogP contribution in [0, 0.1) is 0 Å².